The average molecular weight is 227 g/mol. The molecular formula is C12H25N3O. The molecule has 0 atom stereocenters. The van der Waals surface area contributed by atoms with Gasteiger partial charge in [-0.1, -0.05) is 27.2 Å². The first-order valence-corrected chi connectivity index (χ1v) is 6.06. The highest BCUT2D eigenvalue weighted by Crippen LogP contribution is 1.89. The fourth-order valence-corrected chi connectivity index (χ4v) is 1.10. The molecule has 0 saturated heterocycles. The van der Waals surface area contributed by atoms with Gasteiger partial charge in [-0.15, -0.1) is 0 Å². The number of likely N-dealkylation sites (N-methyl/N-ethyl adjacent to an activating group) is 1. The van der Waals surface area contributed by atoms with Gasteiger partial charge in [0.25, 0.3) is 0 Å². The van der Waals surface area contributed by atoms with Crippen LogP contribution in [0.5, 0.6) is 0 Å². The number of carbonyl (C=O) groups is 1. The Morgan fingerprint density at radius 2 is 2.19 bits per heavy atom. The lowest BCUT2D eigenvalue weighted by Gasteiger charge is -2.16. The monoisotopic (exact) mass is 227 g/mol. The summed E-state index contributed by atoms with van der Waals surface area (Å²) in [6, 6.07) is -0.00630. The molecule has 0 saturated carbocycles. The van der Waals surface area contributed by atoms with E-state index in [2.05, 4.69) is 31.1 Å². The summed E-state index contributed by atoms with van der Waals surface area (Å²) in [5.74, 6) is 0.476. The van der Waals surface area contributed by atoms with E-state index in [0.717, 1.165) is 19.4 Å². The molecule has 0 aliphatic rings. The third-order valence-electron chi connectivity index (χ3n) is 2.12. The van der Waals surface area contributed by atoms with Crippen LogP contribution in [0.3, 0.4) is 0 Å². The predicted molar refractivity (Wildman–Crippen MR) is 69.1 cm³/mol. The van der Waals surface area contributed by atoms with Gasteiger partial charge >= 0.3 is 6.03 Å². The molecule has 0 aromatic heterocycles. The van der Waals surface area contributed by atoms with Gasteiger partial charge in [0.1, 0.15) is 0 Å². The fourth-order valence-electron chi connectivity index (χ4n) is 1.10. The Balaban J connectivity index is 3.62. The van der Waals surface area contributed by atoms with Crippen molar-refractivity contribution in [3.05, 3.63) is 0 Å². The van der Waals surface area contributed by atoms with Crippen molar-refractivity contribution in [3.8, 4) is 0 Å². The molecule has 1 N–H and O–H groups in total. The number of nitrogens with one attached hydrogen (secondary N) is 1. The summed E-state index contributed by atoms with van der Waals surface area (Å²) in [7, 11) is 1.80. The Kier molecular flexibility index (Phi) is 8.58. The number of hydrogen-bond donors (Lipinski definition) is 1. The zero-order valence-electron chi connectivity index (χ0n) is 11.0. The summed E-state index contributed by atoms with van der Waals surface area (Å²) in [5.41, 5.74) is 0. The number of aliphatic imine (C=N–C) groups is 1. The molecule has 94 valence electrons. The van der Waals surface area contributed by atoms with E-state index in [9.17, 15) is 4.79 Å². The second kappa shape index (κ2) is 9.19. The van der Waals surface area contributed by atoms with Gasteiger partial charge in [-0.2, -0.15) is 0 Å². The van der Waals surface area contributed by atoms with Crippen molar-refractivity contribution in [2.75, 3.05) is 26.7 Å². The third kappa shape index (κ3) is 8.26. The minimum Gasteiger partial charge on any atom is -0.338 e. The SMILES string of the molecule is CCCCNC(=O)N(C)CCN=CC(C)C. The van der Waals surface area contributed by atoms with Crippen LogP contribution in [-0.2, 0) is 0 Å². The van der Waals surface area contributed by atoms with E-state index >= 15 is 0 Å². The fraction of sp³-hybridized carbons (Fsp3) is 0.833. The summed E-state index contributed by atoms with van der Waals surface area (Å²) in [6.07, 6.45) is 4.05. The number of amides is 2. The molecule has 0 aliphatic carbocycles. The normalized spacial score (nSPS) is 11.1. The van der Waals surface area contributed by atoms with Gasteiger partial charge in [-0.3, -0.25) is 4.99 Å². The van der Waals surface area contributed by atoms with Crippen LogP contribution >= 0.6 is 0 Å². The van der Waals surface area contributed by atoms with Gasteiger partial charge in [0, 0.05) is 26.4 Å². The highest BCUT2D eigenvalue weighted by Gasteiger charge is 2.05. The Bertz CT molecular complexity index is 214. The topological polar surface area (TPSA) is 44.7 Å². The van der Waals surface area contributed by atoms with Crippen molar-refractivity contribution >= 4 is 12.2 Å². The lowest BCUT2D eigenvalue weighted by molar-refractivity contribution is 0.210. The maximum Gasteiger partial charge on any atom is 0.317 e. The molecule has 0 unspecified atom stereocenters. The average Bonchev–Trinajstić information content (AvgIpc) is 2.24. The van der Waals surface area contributed by atoms with E-state index in [1.54, 1.807) is 11.9 Å². The summed E-state index contributed by atoms with van der Waals surface area (Å²) in [4.78, 5) is 17.4. The molecule has 4 nitrogen and oxygen atoms in total. The maximum atomic E-state index is 11.5. The minimum atomic E-state index is -0.00630. The molecule has 0 aromatic carbocycles. The number of nitrogens with zero attached hydrogens (tertiary/aromatic N) is 2. The molecule has 0 radical (unpaired) electrons. The van der Waals surface area contributed by atoms with E-state index in [-0.39, 0.29) is 6.03 Å². The van der Waals surface area contributed by atoms with Gasteiger partial charge in [0.05, 0.1) is 6.54 Å². The smallest absolute Gasteiger partial charge is 0.317 e. The predicted octanol–water partition coefficient (Wildman–Crippen LogP) is 2.15. The molecule has 4 heteroatoms. The van der Waals surface area contributed by atoms with Crippen molar-refractivity contribution in [1.82, 2.24) is 10.2 Å². The van der Waals surface area contributed by atoms with E-state index in [1.807, 2.05) is 6.21 Å². The largest absolute Gasteiger partial charge is 0.338 e. The molecule has 0 heterocycles. The van der Waals surface area contributed by atoms with Crippen LogP contribution in [0.15, 0.2) is 4.99 Å². The number of urea groups is 1. The lowest BCUT2D eigenvalue weighted by Crippen LogP contribution is -2.38. The first kappa shape index (κ1) is 14.9. The van der Waals surface area contributed by atoms with Crippen LogP contribution in [0.4, 0.5) is 4.79 Å². The molecule has 0 aliphatic heterocycles. The van der Waals surface area contributed by atoms with Crippen LogP contribution in [-0.4, -0.2) is 43.8 Å². The second-order valence-corrected chi connectivity index (χ2v) is 4.31. The summed E-state index contributed by atoms with van der Waals surface area (Å²) in [5, 5.41) is 2.87. The van der Waals surface area contributed by atoms with Gasteiger partial charge in [0.2, 0.25) is 0 Å². The zero-order chi connectivity index (χ0) is 12.4. The molecule has 16 heavy (non-hydrogen) atoms. The molecule has 0 rings (SSSR count). The molecular weight excluding hydrogens is 202 g/mol. The summed E-state index contributed by atoms with van der Waals surface area (Å²) in [6.45, 7) is 8.39. The standard InChI is InChI=1S/C12H25N3O/c1-5-6-7-14-12(16)15(4)9-8-13-10-11(2)3/h10-11H,5-9H2,1-4H3,(H,14,16). The first-order chi connectivity index (χ1) is 7.57. The van der Waals surface area contributed by atoms with E-state index < -0.39 is 0 Å². The minimum absolute atomic E-state index is 0.00630. The van der Waals surface area contributed by atoms with Gasteiger partial charge in [-0.05, 0) is 12.3 Å². The summed E-state index contributed by atoms with van der Waals surface area (Å²) >= 11 is 0. The second-order valence-electron chi connectivity index (χ2n) is 4.31. The van der Waals surface area contributed by atoms with E-state index in [4.69, 9.17) is 0 Å². The molecule has 0 bridgehead atoms. The summed E-state index contributed by atoms with van der Waals surface area (Å²) < 4.78 is 0. The number of hydrogen-bond acceptors (Lipinski definition) is 2. The van der Waals surface area contributed by atoms with Gasteiger partial charge in [0.15, 0.2) is 0 Å². The van der Waals surface area contributed by atoms with Crippen LogP contribution in [0.25, 0.3) is 0 Å². The highest BCUT2D eigenvalue weighted by molar-refractivity contribution is 5.73. The van der Waals surface area contributed by atoms with Crippen LogP contribution in [0.1, 0.15) is 33.6 Å². The molecule has 0 aromatic rings. The quantitative estimate of drug-likeness (QED) is 0.525. The number of unbranched alkanes of at least 4 members (excludes halogenated alkanes) is 1. The molecule has 0 fully saturated rings. The van der Waals surface area contributed by atoms with Crippen molar-refractivity contribution in [2.45, 2.75) is 33.6 Å². The Labute approximate surface area is 99.1 Å². The van der Waals surface area contributed by atoms with Crippen LogP contribution < -0.4 is 5.32 Å². The van der Waals surface area contributed by atoms with Crippen molar-refractivity contribution in [2.24, 2.45) is 10.9 Å². The maximum absolute atomic E-state index is 11.5. The Hall–Kier alpha value is -1.06. The first-order valence-electron chi connectivity index (χ1n) is 6.06. The van der Waals surface area contributed by atoms with Crippen molar-refractivity contribution in [3.63, 3.8) is 0 Å². The van der Waals surface area contributed by atoms with Crippen molar-refractivity contribution in [1.29, 1.82) is 0 Å². The number of carbonyl (C=O) groups excluding carboxylic acids is 1. The lowest BCUT2D eigenvalue weighted by atomic mass is 10.2. The Morgan fingerprint density at radius 3 is 2.75 bits per heavy atom. The van der Waals surface area contributed by atoms with E-state index in [1.165, 1.54) is 0 Å². The third-order valence-corrected chi connectivity index (χ3v) is 2.12. The number of rotatable bonds is 7. The van der Waals surface area contributed by atoms with Crippen LogP contribution in [0.2, 0.25) is 0 Å². The van der Waals surface area contributed by atoms with Crippen LogP contribution in [0, 0.1) is 5.92 Å². The highest BCUT2D eigenvalue weighted by atomic mass is 16.2. The van der Waals surface area contributed by atoms with E-state index in [0.29, 0.717) is 19.0 Å². The molecule has 2 amide bonds. The Morgan fingerprint density at radius 1 is 1.50 bits per heavy atom. The van der Waals surface area contributed by atoms with Crippen molar-refractivity contribution < 1.29 is 4.79 Å². The zero-order valence-corrected chi connectivity index (χ0v) is 11.0. The van der Waals surface area contributed by atoms with Gasteiger partial charge < -0.3 is 10.2 Å². The van der Waals surface area contributed by atoms with Gasteiger partial charge in [-0.25, -0.2) is 4.79 Å². The molecule has 0 spiro atoms.